The molecule has 7 N–H and O–H groups in total. The molecular formula is C37H66O14. The summed E-state index contributed by atoms with van der Waals surface area (Å²) in [4.78, 5) is 12.3. The number of allylic oxidation sites excluding steroid dienone is 4. The number of ether oxygens (including phenoxy) is 6. The molecule has 0 spiro atoms. The van der Waals surface area contributed by atoms with Gasteiger partial charge in [0.1, 0.15) is 54.9 Å². The van der Waals surface area contributed by atoms with Crippen LogP contribution in [0.4, 0.5) is 0 Å². The van der Waals surface area contributed by atoms with Crippen molar-refractivity contribution in [2.75, 3.05) is 33.0 Å². The summed E-state index contributed by atoms with van der Waals surface area (Å²) in [5.74, 6) is -0.435. The van der Waals surface area contributed by atoms with E-state index < -0.39 is 86.7 Å². The lowest BCUT2D eigenvalue weighted by molar-refractivity contribution is -0.332. The summed E-state index contributed by atoms with van der Waals surface area (Å²) in [6.45, 7) is 3.22. The molecule has 298 valence electrons. The van der Waals surface area contributed by atoms with Crippen molar-refractivity contribution in [2.45, 2.75) is 171 Å². The summed E-state index contributed by atoms with van der Waals surface area (Å²) in [5, 5.41) is 71.1. The van der Waals surface area contributed by atoms with Crippen LogP contribution in [-0.4, -0.2) is 142 Å². The number of unbranched alkanes of at least 4 members (excludes halogenated alkanes) is 9. The highest BCUT2D eigenvalue weighted by atomic mass is 16.7. The van der Waals surface area contributed by atoms with Crippen LogP contribution < -0.4 is 0 Å². The summed E-state index contributed by atoms with van der Waals surface area (Å²) in [6, 6.07) is 0. The fourth-order valence-electron chi connectivity index (χ4n) is 5.76. The van der Waals surface area contributed by atoms with E-state index in [-0.39, 0.29) is 19.6 Å². The van der Waals surface area contributed by atoms with Gasteiger partial charge in [-0.05, 0) is 44.9 Å². The van der Waals surface area contributed by atoms with E-state index in [1.807, 2.05) is 6.92 Å². The maximum Gasteiger partial charge on any atom is 0.306 e. The molecule has 11 atom stereocenters. The normalized spacial score (nSPS) is 30.7. The van der Waals surface area contributed by atoms with Crippen molar-refractivity contribution in [1.82, 2.24) is 0 Å². The molecule has 2 rings (SSSR count). The fourth-order valence-corrected chi connectivity index (χ4v) is 5.76. The lowest BCUT2D eigenvalue weighted by atomic mass is 9.98. The lowest BCUT2D eigenvalue weighted by Crippen LogP contribution is -2.61. The summed E-state index contributed by atoms with van der Waals surface area (Å²) in [7, 11) is 0. The van der Waals surface area contributed by atoms with Gasteiger partial charge >= 0.3 is 5.97 Å². The quantitative estimate of drug-likeness (QED) is 0.0366. The van der Waals surface area contributed by atoms with Crippen molar-refractivity contribution in [2.24, 2.45) is 0 Å². The van der Waals surface area contributed by atoms with Crippen LogP contribution in [0.15, 0.2) is 24.3 Å². The van der Waals surface area contributed by atoms with Crippen LogP contribution in [0.25, 0.3) is 0 Å². The minimum Gasteiger partial charge on any atom is -0.457 e. The second-order valence-corrected chi connectivity index (χ2v) is 13.4. The van der Waals surface area contributed by atoms with Crippen LogP contribution >= 0.6 is 0 Å². The number of hydrogen-bond acceptors (Lipinski definition) is 14. The zero-order valence-corrected chi connectivity index (χ0v) is 30.6. The maximum atomic E-state index is 12.3. The summed E-state index contributed by atoms with van der Waals surface area (Å²) < 4.78 is 33.4. The van der Waals surface area contributed by atoms with Crippen LogP contribution in [0.2, 0.25) is 0 Å². The number of hydrogen-bond donors (Lipinski definition) is 7. The number of aliphatic hydroxyl groups excluding tert-OH is 7. The lowest BCUT2D eigenvalue weighted by Gasteiger charge is -2.42. The van der Waals surface area contributed by atoms with Gasteiger partial charge in [-0.2, -0.15) is 0 Å². The van der Waals surface area contributed by atoms with Gasteiger partial charge in [0.15, 0.2) is 12.6 Å². The summed E-state index contributed by atoms with van der Waals surface area (Å²) >= 11 is 0. The fraction of sp³-hybridized carbons (Fsp3) is 0.865. The highest BCUT2D eigenvalue weighted by Gasteiger charge is 2.47. The van der Waals surface area contributed by atoms with E-state index in [2.05, 4.69) is 31.2 Å². The summed E-state index contributed by atoms with van der Waals surface area (Å²) in [5.41, 5.74) is 0. The second-order valence-electron chi connectivity index (χ2n) is 13.4. The molecule has 0 bridgehead atoms. The van der Waals surface area contributed by atoms with Gasteiger partial charge in [-0.25, -0.2) is 0 Å². The third kappa shape index (κ3) is 17.4. The maximum absolute atomic E-state index is 12.3. The Balaban J connectivity index is 1.71. The van der Waals surface area contributed by atoms with Gasteiger partial charge in [-0.15, -0.1) is 0 Å². The molecule has 2 saturated heterocycles. The van der Waals surface area contributed by atoms with Crippen molar-refractivity contribution < 1.29 is 69.0 Å². The van der Waals surface area contributed by atoms with Crippen LogP contribution in [0.1, 0.15) is 104 Å². The van der Waals surface area contributed by atoms with Gasteiger partial charge in [0.05, 0.1) is 26.4 Å². The molecule has 0 amide bonds. The van der Waals surface area contributed by atoms with Crippen LogP contribution in [0.5, 0.6) is 0 Å². The van der Waals surface area contributed by atoms with Crippen molar-refractivity contribution in [3.05, 3.63) is 24.3 Å². The average Bonchev–Trinajstić information content (AvgIpc) is 3.12. The molecule has 0 aromatic heterocycles. The Kier molecular flexibility index (Phi) is 24.3. The van der Waals surface area contributed by atoms with Crippen molar-refractivity contribution in [1.29, 1.82) is 0 Å². The molecule has 0 aliphatic carbocycles. The molecule has 2 fully saturated rings. The van der Waals surface area contributed by atoms with E-state index >= 15 is 0 Å². The predicted octanol–water partition coefficient (Wildman–Crippen LogP) is 2.17. The van der Waals surface area contributed by atoms with E-state index in [0.717, 1.165) is 38.5 Å². The number of carbonyl (C=O) groups excluding carboxylic acids is 1. The molecule has 0 radical (unpaired) electrons. The first-order valence-corrected chi connectivity index (χ1v) is 18.9. The minimum atomic E-state index is -1.70. The summed E-state index contributed by atoms with van der Waals surface area (Å²) in [6.07, 6.45) is 7.29. The van der Waals surface area contributed by atoms with Gasteiger partial charge in [0.25, 0.3) is 0 Å². The van der Waals surface area contributed by atoms with E-state index in [1.54, 1.807) is 0 Å². The molecule has 2 aliphatic rings. The first-order chi connectivity index (χ1) is 24.6. The van der Waals surface area contributed by atoms with Gasteiger partial charge in [-0.1, -0.05) is 76.7 Å². The van der Waals surface area contributed by atoms with Gasteiger partial charge in [0, 0.05) is 13.0 Å². The van der Waals surface area contributed by atoms with Crippen LogP contribution in [-0.2, 0) is 33.2 Å². The number of carbonyl (C=O) groups is 1. The Morgan fingerprint density at radius 1 is 0.647 bits per heavy atom. The van der Waals surface area contributed by atoms with Gasteiger partial charge in [0.2, 0.25) is 0 Å². The zero-order valence-electron chi connectivity index (χ0n) is 30.6. The monoisotopic (exact) mass is 734 g/mol. The average molecular weight is 735 g/mol. The standard InChI is InChI=1S/C37H66O14/c1-3-5-6-7-8-9-10-11-12-13-14-15-16-17-18-19-21-46-23-26(49-29(39)20-4-2)24-47-36-35(45)33(43)31(41)28(51-36)25-48-37-34(44)32(42)30(40)27(22-38)50-37/h8-9,11-12,26-28,30-38,40-45H,3-7,10,13-25H2,1-2H3/b9-8-,12-11-. The number of rotatable bonds is 27. The van der Waals surface area contributed by atoms with Crippen molar-refractivity contribution in [3.8, 4) is 0 Å². The highest BCUT2D eigenvalue weighted by Crippen LogP contribution is 2.26. The first kappa shape index (κ1) is 45.6. The molecular weight excluding hydrogens is 668 g/mol. The van der Waals surface area contributed by atoms with Crippen LogP contribution in [0.3, 0.4) is 0 Å². The van der Waals surface area contributed by atoms with Gasteiger partial charge in [-0.3, -0.25) is 4.79 Å². The molecule has 2 heterocycles. The van der Waals surface area contributed by atoms with E-state index in [9.17, 15) is 40.5 Å². The Labute approximate surface area is 303 Å². The largest absolute Gasteiger partial charge is 0.457 e. The molecule has 51 heavy (non-hydrogen) atoms. The van der Waals surface area contributed by atoms with E-state index in [1.165, 1.54) is 38.5 Å². The van der Waals surface area contributed by atoms with Crippen molar-refractivity contribution >= 4 is 5.97 Å². The highest BCUT2D eigenvalue weighted by molar-refractivity contribution is 5.69. The first-order valence-electron chi connectivity index (χ1n) is 18.9. The molecule has 2 aliphatic heterocycles. The Morgan fingerprint density at radius 2 is 1.22 bits per heavy atom. The van der Waals surface area contributed by atoms with Crippen molar-refractivity contribution in [3.63, 3.8) is 0 Å². The number of aliphatic hydroxyl groups is 7. The van der Waals surface area contributed by atoms with E-state index in [4.69, 9.17) is 28.4 Å². The second kappa shape index (κ2) is 27.1. The molecule has 14 heteroatoms. The van der Waals surface area contributed by atoms with E-state index in [0.29, 0.717) is 13.0 Å². The third-order valence-electron chi connectivity index (χ3n) is 8.93. The molecule has 14 nitrogen and oxygen atoms in total. The zero-order chi connectivity index (χ0) is 37.4. The Bertz CT molecular complexity index is 948. The smallest absolute Gasteiger partial charge is 0.306 e. The Morgan fingerprint density at radius 3 is 1.84 bits per heavy atom. The minimum absolute atomic E-state index is 0.0490. The molecule has 0 aromatic carbocycles. The van der Waals surface area contributed by atoms with Crippen LogP contribution in [0, 0.1) is 0 Å². The SMILES string of the molecule is CCCCC/C=C\C/C=C\CCCCCCCCOCC(COC1OC(COC2OC(CO)C(O)C(O)C2O)C(O)C(O)C1O)OC(=O)CCC. The number of esters is 1. The Hall–Kier alpha value is -1.53. The molecule has 11 unspecified atom stereocenters. The topological polar surface area (TPSA) is 214 Å². The predicted molar refractivity (Wildman–Crippen MR) is 187 cm³/mol. The molecule has 0 aromatic rings. The van der Waals surface area contributed by atoms with Gasteiger partial charge < -0.3 is 64.2 Å². The third-order valence-corrected chi connectivity index (χ3v) is 8.93. The molecule has 0 saturated carbocycles.